The van der Waals surface area contributed by atoms with E-state index in [1.165, 1.54) is 0 Å². The fraction of sp³-hybridized carbons (Fsp3) is 0.478. The predicted molar refractivity (Wildman–Crippen MR) is 122 cm³/mol. The Balaban J connectivity index is 1.56. The largest absolute Gasteiger partial charge is 0.353 e. The summed E-state index contributed by atoms with van der Waals surface area (Å²) in [5.41, 5.74) is 1.88. The molecule has 0 radical (unpaired) electrons. The summed E-state index contributed by atoms with van der Waals surface area (Å²) in [6, 6.07) is 13.8. The Bertz CT molecular complexity index is 843. The summed E-state index contributed by atoms with van der Waals surface area (Å²) < 4.78 is 0. The molecule has 1 fully saturated rings. The van der Waals surface area contributed by atoms with Crippen LogP contribution >= 0.6 is 0 Å². The van der Waals surface area contributed by atoms with E-state index >= 15 is 0 Å². The number of carbonyl (C=O) groups is 2. The molecule has 0 unspecified atom stereocenters. The zero-order chi connectivity index (χ0) is 22.1. The molecule has 2 aromatic rings. The summed E-state index contributed by atoms with van der Waals surface area (Å²) in [6.07, 6.45) is 1.72. The van der Waals surface area contributed by atoms with E-state index in [1.54, 1.807) is 4.90 Å². The maximum Gasteiger partial charge on any atom is 0.317 e. The average Bonchev–Trinajstić information content (AvgIpc) is 3.08. The molecule has 0 saturated carbocycles. The molecule has 1 aliphatic rings. The topological polar surface area (TPSA) is 81.7 Å². The van der Waals surface area contributed by atoms with E-state index in [1.807, 2.05) is 61.2 Å². The van der Waals surface area contributed by atoms with Crippen molar-refractivity contribution < 1.29 is 9.59 Å². The highest BCUT2D eigenvalue weighted by atomic mass is 16.2. The highest BCUT2D eigenvalue weighted by Crippen LogP contribution is 2.19. The number of hydrogen-bond acceptors (Lipinski definition) is 5. The van der Waals surface area contributed by atoms with Crippen LogP contribution in [0.1, 0.15) is 26.7 Å². The number of hydrogen-bond donors (Lipinski definition) is 1. The molecule has 0 spiro atoms. The second kappa shape index (κ2) is 11.3. The molecule has 3 amide bonds. The number of nitrogens with one attached hydrogen (secondary N) is 1. The molecular weight excluding hydrogens is 392 g/mol. The number of likely N-dealkylation sites (N-methyl/N-ethyl adjacent to an activating group) is 1. The van der Waals surface area contributed by atoms with Gasteiger partial charge in [-0.15, -0.1) is 10.2 Å². The molecular formula is C23H32N6O2. The first-order valence-corrected chi connectivity index (χ1v) is 11.1. The molecule has 31 heavy (non-hydrogen) atoms. The van der Waals surface area contributed by atoms with Gasteiger partial charge in [-0.2, -0.15) is 0 Å². The monoisotopic (exact) mass is 424 g/mol. The quantitative estimate of drug-likeness (QED) is 0.739. The van der Waals surface area contributed by atoms with Crippen LogP contribution in [0.2, 0.25) is 0 Å². The van der Waals surface area contributed by atoms with Crippen LogP contribution in [-0.4, -0.2) is 77.7 Å². The lowest BCUT2D eigenvalue weighted by Gasteiger charge is -2.26. The van der Waals surface area contributed by atoms with Crippen molar-refractivity contribution in [3.05, 3.63) is 42.5 Å². The molecule has 1 aromatic heterocycles. The van der Waals surface area contributed by atoms with Crippen LogP contribution in [0.3, 0.4) is 0 Å². The molecule has 1 N–H and O–H groups in total. The maximum atomic E-state index is 12.8. The summed E-state index contributed by atoms with van der Waals surface area (Å²) in [7, 11) is 0. The van der Waals surface area contributed by atoms with Gasteiger partial charge in [0.25, 0.3) is 0 Å². The molecule has 1 aromatic carbocycles. The lowest BCUT2D eigenvalue weighted by molar-refractivity contribution is -0.131. The van der Waals surface area contributed by atoms with Crippen molar-refractivity contribution in [1.29, 1.82) is 0 Å². The highest BCUT2D eigenvalue weighted by Gasteiger charge is 2.23. The number of amides is 3. The lowest BCUT2D eigenvalue weighted by Crippen LogP contribution is -2.47. The Morgan fingerprint density at radius 1 is 1.00 bits per heavy atom. The second-order valence-corrected chi connectivity index (χ2v) is 7.61. The van der Waals surface area contributed by atoms with Crippen LogP contribution in [0.5, 0.6) is 0 Å². The second-order valence-electron chi connectivity index (χ2n) is 7.61. The summed E-state index contributed by atoms with van der Waals surface area (Å²) in [6.45, 7) is 7.92. The Hall–Kier alpha value is -3.16. The van der Waals surface area contributed by atoms with Crippen molar-refractivity contribution in [2.24, 2.45) is 0 Å². The number of carbonyl (C=O) groups excluding carboxylic acids is 2. The molecule has 8 heteroatoms. The van der Waals surface area contributed by atoms with Gasteiger partial charge in [0.15, 0.2) is 5.82 Å². The predicted octanol–water partition coefficient (Wildman–Crippen LogP) is 2.62. The van der Waals surface area contributed by atoms with Gasteiger partial charge in [-0.25, -0.2) is 4.79 Å². The van der Waals surface area contributed by atoms with Gasteiger partial charge in [-0.1, -0.05) is 37.3 Å². The standard InChI is InChI=1S/C23H32N6O2/c1-3-13-24-23(31)27(4-2)18-22(30)29-15-8-14-28(16-17-29)21-12-11-20(25-26-21)19-9-6-5-7-10-19/h5-7,9-12H,3-4,8,13-18H2,1-2H3,(H,24,31). The fourth-order valence-electron chi connectivity index (χ4n) is 3.59. The number of aromatic nitrogens is 2. The van der Waals surface area contributed by atoms with Gasteiger partial charge in [-0.3, -0.25) is 4.79 Å². The van der Waals surface area contributed by atoms with E-state index in [-0.39, 0.29) is 18.5 Å². The van der Waals surface area contributed by atoms with Crippen molar-refractivity contribution in [3.63, 3.8) is 0 Å². The minimum atomic E-state index is -0.178. The molecule has 2 heterocycles. The van der Waals surface area contributed by atoms with Gasteiger partial charge in [-0.05, 0) is 31.9 Å². The molecule has 3 rings (SSSR count). The molecule has 166 valence electrons. The number of anilines is 1. The van der Waals surface area contributed by atoms with E-state index in [9.17, 15) is 9.59 Å². The Labute approximate surface area is 184 Å². The third-order valence-corrected chi connectivity index (χ3v) is 5.41. The number of nitrogens with zero attached hydrogens (tertiary/aromatic N) is 5. The van der Waals surface area contributed by atoms with Crippen molar-refractivity contribution in [2.75, 3.05) is 50.7 Å². The third kappa shape index (κ3) is 6.16. The molecule has 0 aliphatic carbocycles. The van der Waals surface area contributed by atoms with Crippen LogP contribution in [0.15, 0.2) is 42.5 Å². The zero-order valence-corrected chi connectivity index (χ0v) is 18.5. The first kappa shape index (κ1) is 22.5. The summed E-state index contributed by atoms with van der Waals surface area (Å²) in [5.74, 6) is 0.809. The van der Waals surface area contributed by atoms with Gasteiger partial charge in [0.2, 0.25) is 5.91 Å². The minimum Gasteiger partial charge on any atom is -0.353 e. The number of benzene rings is 1. The fourth-order valence-corrected chi connectivity index (χ4v) is 3.59. The van der Waals surface area contributed by atoms with Gasteiger partial charge < -0.3 is 20.0 Å². The molecule has 0 atom stereocenters. The number of rotatable bonds is 7. The summed E-state index contributed by atoms with van der Waals surface area (Å²) in [4.78, 5) is 30.6. The van der Waals surface area contributed by atoms with Crippen molar-refractivity contribution in [3.8, 4) is 11.3 Å². The third-order valence-electron chi connectivity index (χ3n) is 5.41. The zero-order valence-electron chi connectivity index (χ0n) is 18.5. The Morgan fingerprint density at radius 2 is 1.81 bits per heavy atom. The smallest absolute Gasteiger partial charge is 0.317 e. The van der Waals surface area contributed by atoms with Crippen molar-refractivity contribution in [1.82, 2.24) is 25.3 Å². The van der Waals surface area contributed by atoms with E-state index in [4.69, 9.17) is 0 Å². The first-order chi connectivity index (χ1) is 15.1. The van der Waals surface area contributed by atoms with Gasteiger partial charge in [0.05, 0.1) is 5.69 Å². The van der Waals surface area contributed by atoms with Crippen LogP contribution in [0.4, 0.5) is 10.6 Å². The molecule has 1 aliphatic heterocycles. The first-order valence-electron chi connectivity index (χ1n) is 11.1. The minimum absolute atomic E-state index is 0.0131. The van der Waals surface area contributed by atoms with Crippen molar-refractivity contribution in [2.45, 2.75) is 26.7 Å². The van der Waals surface area contributed by atoms with Gasteiger partial charge in [0, 0.05) is 44.8 Å². The molecule has 1 saturated heterocycles. The number of urea groups is 1. The van der Waals surface area contributed by atoms with Crippen LogP contribution in [0.25, 0.3) is 11.3 Å². The van der Waals surface area contributed by atoms with Crippen LogP contribution in [0, 0.1) is 0 Å². The molecule has 0 bridgehead atoms. The molecule has 8 nitrogen and oxygen atoms in total. The van der Waals surface area contributed by atoms with Crippen LogP contribution < -0.4 is 10.2 Å². The van der Waals surface area contributed by atoms with E-state index in [2.05, 4.69) is 20.4 Å². The van der Waals surface area contributed by atoms with E-state index < -0.39 is 0 Å². The van der Waals surface area contributed by atoms with Gasteiger partial charge >= 0.3 is 6.03 Å². The summed E-state index contributed by atoms with van der Waals surface area (Å²) >= 11 is 0. The highest BCUT2D eigenvalue weighted by molar-refractivity contribution is 5.84. The average molecular weight is 425 g/mol. The van der Waals surface area contributed by atoms with E-state index in [0.717, 1.165) is 36.5 Å². The Kier molecular flexibility index (Phi) is 8.20. The summed E-state index contributed by atoms with van der Waals surface area (Å²) in [5, 5.41) is 11.6. The normalized spacial score (nSPS) is 14.1. The van der Waals surface area contributed by atoms with E-state index in [0.29, 0.717) is 32.7 Å². The maximum absolute atomic E-state index is 12.8. The van der Waals surface area contributed by atoms with Gasteiger partial charge in [0.1, 0.15) is 6.54 Å². The lowest BCUT2D eigenvalue weighted by atomic mass is 10.1. The van der Waals surface area contributed by atoms with Crippen molar-refractivity contribution >= 4 is 17.8 Å². The Morgan fingerprint density at radius 3 is 2.48 bits per heavy atom. The van der Waals surface area contributed by atoms with Crippen LogP contribution in [-0.2, 0) is 4.79 Å². The SMILES string of the molecule is CCCNC(=O)N(CC)CC(=O)N1CCCN(c2ccc(-c3ccccc3)nn2)CC1.